The average molecular weight is 229 g/mol. The van der Waals surface area contributed by atoms with Gasteiger partial charge in [0.05, 0.1) is 0 Å². The first-order valence-corrected chi connectivity index (χ1v) is 5.98. The monoisotopic (exact) mass is 229 g/mol. The first-order valence-electron chi connectivity index (χ1n) is 5.98. The molecule has 1 heterocycles. The van der Waals surface area contributed by atoms with Gasteiger partial charge in [-0.05, 0) is 25.4 Å². The molecule has 3 N–H and O–H groups in total. The van der Waals surface area contributed by atoms with Crippen LogP contribution in [0, 0.1) is 5.92 Å². The van der Waals surface area contributed by atoms with Crippen molar-refractivity contribution in [1.82, 2.24) is 9.80 Å². The molecule has 1 atom stereocenters. The van der Waals surface area contributed by atoms with E-state index < -0.39 is 6.09 Å². The molecule has 16 heavy (non-hydrogen) atoms. The van der Waals surface area contributed by atoms with Gasteiger partial charge in [-0.1, -0.05) is 13.8 Å². The first kappa shape index (κ1) is 13.3. The van der Waals surface area contributed by atoms with Gasteiger partial charge in [-0.25, -0.2) is 4.79 Å². The van der Waals surface area contributed by atoms with Gasteiger partial charge in [0.15, 0.2) is 0 Å². The van der Waals surface area contributed by atoms with Crippen LogP contribution in [0.3, 0.4) is 0 Å². The maximum absolute atomic E-state index is 10.9. The molecule has 1 aliphatic heterocycles. The summed E-state index contributed by atoms with van der Waals surface area (Å²) in [5.41, 5.74) is 5.51. The summed E-state index contributed by atoms with van der Waals surface area (Å²) in [6.07, 6.45) is 0.181. The second kappa shape index (κ2) is 6.06. The van der Waals surface area contributed by atoms with Crippen LogP contribution in [0.5, 0.6) is 0 Å². The Kier molecular flexibility index (Phi) is 5.02. The van der Waals surface area contributed by atoms with Gasteiger partial charge >= 0.3 is 6.09 Å². The van der Waals surface area contributed by atoms with Gasteiger partial charge < -0.3 is 15.7 Å². The van der Waals surface area contributed by atoms with Crippen LogP contribution < -0.4 is 5.73 Å². The number of carbonyl (C=O) groups is 1. The van der Waals surface area contributed by atoms with Crippen molar-refractivity contribution in [2.75, 3.05) is 32.7 Å². The molecule has 0 radical (unpaired) electrons. The quantitative estimate of drug-likeness (QED) is 0.743. The predicted octanol–water partition coefficient (Wildman–Crippen LogP) is 0.655. The number of nitrogens with two attached hydrogens (primary N) is 1. The van der Waals surface area contributed by atoms with Crippen molar-refractivity contribution in [3.63, 3.8) is 0 Å². The van der Waals surface area contributed by atoms with Gasteiger partial charge in [0, 0.05) is 25.7 Å². The maximum atomic E-state index is 10.9. The van der Waals surface area contributed by atoms with Crippen LogP contribution in [-0.4, -0.2) is 59.8 Å². The second-order valence-corrected chi connectivity index (χ2v) is 4.72. The van der Waals surface area contributed by atoms with Gasteiger partial charge in [0.1, 0.15) is 0 Å². The van der Waals surface area contributed by atoms with Crippen molar-refractivity contribution >= 4 is 6.09 Å². The summed E-state index contributed by atoms with van der Waals surface area (Å²) < 4.78 is 0. The van der Waals surface area contributed by atoms with E-state index >= 15 is 0 Å². The van der Waals surface area contributed by atoms with Crippen molar-refractivity contribution in [2.45, 2.75) is 26.3 Å². The van der Waals surface area contributed by atoms with Gasteiger partial charge in [-0.3, -0.25) is 4.90 Å². The molecule has 0 bridgehead atoms. The zero-order valence-electron chi connectivity index (χ0n) is 10.2. The van der Waals surface area contributed by atoms with E-state index in [1.54, 1.807) is 0 Å². The second-order valence-electron chi connectivity index (χ2n) is 4.72. The van der Waals surface area contributed by atoms with Crippen molar-refractivity contribution in [2.24, 2.45) is 11.7 Å². The highest BCUT2D eigenvalue weighted by atomic mass is 16.4. The molecule has 1 rings (SSSR count). The fourth-order valence-electron chi connectivity index (χ4n) is 2.23. The summed E-state index contributed by atoms with van der Waals surface area (Å²) in [6, 6.07) is 0.330. The summed E-state index contributed by atoms with van der Waals surface area (Å²) in [5, 5.41) is 8.99. The minimum absolute atomic E-state index is 0.330. The van der Waals surface area contributed by atoms with E-state index in [0.29, 0.717) is 31.6 Å². The van der Waals surface area contributed by atoms with Gasteiger partial charge in [0.2, 0.25) is 0 Å². The predicted molar refractivity (Wildman–Crippen MR) is 63.5 cm³/mol. The summed E-state index contributed by atoms with van der Waals surface area (Å²) in [7, 11) is 0. The lowest BCUT2D eigenvalue weighted by Gasteiger charge is -2.42. The zero-order chi connectivity index (χ0) is 12.1. The zero-order valence-corrected chi connectivity index (χ0v) is 10.2. The van der Waals surface area contributed by atoms with Crippen LogP contribution in [0.15, 0.2) is 0 Å². The minimum atomic E-state index is -0.802. The molecule has 0 spiro atoms. The number of piperazine rings is 1. The van der Waals surface area contributed by atoms with Gasteiger partial charge in [-0.15, -0.1) is 0 Å². The molecule has 5 nitrogen and oxygen atoms in total. The third-order valence-corrected chi connectivity index (χ3v) is 3.22. The van der Waals surface area contributed by atoms with Crippen LogP contribution in [0.2, 0.25) is 0 Å². The van der Waals surface area contributed by atoms with Gasteiger partial charge in [0.25, 0.3) is 0 Å². The molecule has 1 amide bonds. The Morgan fingerprint density at radius 2 is 2.19 bits per heavy atom. The average Bonchev–Trinajstić information content (AvgIpc) is 2.25. The molecule has 1 saturated heterocycles. The highest BCUT2D eigenvalue weighted by Crippen LogP contribution is 2.17. The molecular formula is C11H23N3O2. The van der Waals surface area contributed by atoms with Crippen molar-refractivity contribution in [3.8, 4) is 0 Å². The standard InChI is InChI=1S/C11H23N3O2/c1-9(2)10-8-14(11(15)16)7-6-13(10)5-3-4-12/h9-10H,3-8,12H2,1-2H3,(H,15,16). The molecule has 0 aromatic heterocycles. The Balaban J connectivity index is 2.56. The lowest BCUT2D eigenvalue weighted by atomic mass is 9.99. The number of nitrogens with zero attached hydrogens (tertiary/aromatic N) is 2. The van der Waals surface area contributed by atoms with Crippen LogP contribution in [0.4, 0.5) is 4.79 Å². The first-order chi connectivity index (χ1) is 7.56. The maximum Gasteiger partial charge on any atom is 0.407 e. The normalized spacial score (nSPS) is 22.8. The van der Waals surface area contributed by atoms with E-state index in [1.165, 1.54) is 4.90 Å². The Hall–Kier alpha value is -0.810. The molecule has 0 aliphatic carbocycles. The minimum Gasteiger partial charge on any atom is -0.465 e. The van der Waals surface area contributed by atoms with Crippen molar-refractivity contribution < 1.29 is 9.90 Å². The van der Waals surface area contributed by atoms with E-state index in [1.807, 2.05) is 0 Å². The Morgan fingerprint density at radius 3 is 2.69 bits per heavy atom. The van der Waals surface area contributed by atoms with Crippen LogP contribution >= 0.6 is 0 Å². The number of hydrogen-bond donors (Lipinski definition) is 2. The van der Waals surface area contributed by atoms with E-state index in [0.717, 1.165) is 19.5 Å². The fourth-order valence-corrected chi connectivity index (χ4v) is 2.23. The Bertz CT molecular complexity index is 233. The molecule has 0 aromatic carbocycles. The van der Waals surface area contributed by atoms with E-state index in [2.05, 4.69) is 18.7 Å². The topological polar surface area (TPSA) is 69.8 Å². The third kappa shape index (κ3) is 3.35. The van der Waals surface area contributed by atoms with E-state index in [9.17, 15) is 4.79 Å². The molecule has 5 heteroatoms. The van der Waals surface area contributed by atoms with Crippen LogP contribution in [0.1, 0.15) is 20.3 Å². The summed E-state index contributed by atoms with van der Waals surface area (Å²) in [6.45, 7) is 8.03. The highest BCUT2D eigenvalue weighted by molar-refractivity contribution is 5.65. The molecular weight excluding hydrogens is 206 g/mol. The van der Waals surface area contributed by atoms with Crippen molar-refractivity contribution in [1.29, 1.82) is 0 Å². The molecule has 1 unspecified atom stereocenters. The third-order valence-electron chi connectivity index (χ3n) is 3.22. The summed E-state index contributed by atoms with van der Waals surface area (Å²) in [5.74, 6) is 0.472. The molecule has 1 fully saturated rings. The smallest absolute Gasteiger partial charge is 0.407 e. The number of carboxylic acid groups (broad SMARTS) is 1. The lowest BCUT2D eigenvalue weighted by Crippen LogP contribution is -2.56. The lowest BCUT2D eigenvalue weighted by molar-refractivity contribution is 0.0493. The van der Waals surface area contributed by atoms with Crippen LogP contribution in [-0.2, 0) is 0 Å². The summed E-state index contributed by atoms with van der Waals surface area (Å²) >= 11 is 0. The summed E-state index contributed by atoms with van der Waals surface area (Å²) in [4.78, 5) is 14.8. The molecule has 1 aliphatic rings. The fraction of sp³-hybridized carbons (Fsp3) is 0.909. The van der Waals surface area contributed by atoms with Crippen molar-refractivity contribution in [3.05, 3.63) is 0 Å². The highest BCUT2D eigenvalue weighted by Gasteiger charge is 2.30. The van der Waals surface area contributed by atoms with E-state index in [-0.39, 0.29) is 0 Å². The molecule has 94 valence electrons. The van der Waals surface area contributed by atoms with Gasteiger partial charge in [-0.2, -0.15) is 0 Å². The number of hydrogen-bond acceptors (Lipinski definition) is 3. The largest absolute Gasteiger partial charge is 0.465 e. The molecule has 0 saturated carbocycles. The molecule has 0 aromatic rings. The number of amides is 1. The Morgan fingerprint density at radius 1 is 1.50 bits per heavy atom. The number of rotatable bonds is 4. The Labute approximate surface area is 97.2 Å². The SMILES string of the molecule is CC(C)C1CN(C(=O)O)CCN1CCCN. The van der Waals surface area contributed by atoms with Crippen LogP contribution in [0.25, 0.3) is 0 Å². The van der Waals surface area contributed by atoms with E-state index in [4.69, 9.17) is 10.8 Å².